The van der Waals surface area contributed by atoms with Gasteiger partial charge in [0, 0.05) is 24.9 Å². The van der Waals surface area contributed by atoms with Gasteiger partial charge in [0.2, 0.25) is 0 Å². The number of pyridine rings is 1. The van der Waals surface area contributed by atoms with Gasteiger partial charge in [-0.25, -0.2) is 4.98 Å². The molecule has 3 aliphatic rings. The van der Waals surface area contributed by atoms with E-state index < -0.39 is 0 Å². The first kappa shape index (κ1) is 11.7. The predicted molar refractivity (Wildman–Crippen MR) is 75.9 cm³/mol. The molecular formula is C13H14Br2N2O. The summed E-state index contributed by atoms with van der Waals surface area (Å²) in [6.07, 6.45) is 3.84. The number of piperidine rings is 1. The van der Waals surface area contributed by atoms with E-state index >= 15 is 0 Å². The smallest absolute Gasteiger partial charge is 0.155 e. The summed E-state index contributed by atoms with van der Waals surface area (Å²) in [7, 11) is 0. The summed E-state index contributed by atoms with van der Waals surface area (Å²) in [6.45, 7) is 3.59. The molecule has 3 nitrogen and oxygen atoms in total. The van der Waals surface area contributed by atoms with Crippen LogP contribution in [0.15, 0.2) is 15.1 Å². The molecule has 3 atom stereocenters. The van der Waals surface area contributed by atoms with Crippen LogP contribution in [0.2, 0.25) is 0 Å². The van der Waals surface area contributed by atoms with Gasteiger partial charge in [0.05, 0.1) is 10.2 Å². The molecule has 0 amide bonds. The van der Waals surface area contributed by atoms with Crippen LogP contribution >= 0.6 is 31.9 Å². The summed E-state index contributed by atoms with van der Waals surface area (Å²) in [4.78, 5) is 7.19. The normalized spacial score (nSPS) is 36.8. The number of aromatic nitrogens is 1. The van der Waals surface area contributed by atoms with Crippen molar-refractivity contribution in [1.82, 2.24) is 9.88 Å². The van der Waals surface area contributed by atoms with E-state index in [2.05, 4.69) is 41.7 Å². The van der Waals surface area contributed by atoms with E-state index in [0.717, 1.165) is 33.4 Å². The zero-order chi connectivity index (χ0) is 12.3. The molecule has 0 radical (unpaired) electrons. The highest BCUT2D eigenvalue weighted by Gasteiger charge is 2.52. The van der Waals surface area contributed by atoms with E-state index in [9.17, 15) is 0 Å². The predicted octanol–water partition coefficient (Wildman–Crippen LogP) is 3.01. The van der Waals surface area contributed by atoms with Crippen LogP contribution in [0.25, 0.3) is 0 Å². The molecule has 2 bridgehead atoms. The van der Waals surface area contributed by atoms with Gasteiger partial charge in [0.25, 0.3) is 0 Å². The van der Waals surface area contributed by atoms with Crippen LogP contribution < -0.4 is 4.74 Å². The molecule has 2 saturated heterocycles. The van der Waals surface area contributed by atoms with E-state index in [1.54, 1.807) is 0 Å². The van der Waals surface area contributed by atoms with Crippen LogP contribution in [0.1, 0.15) is 18.5 Å². The van der Waals surface area contributed by atoms with E-state index in [1.165, 1.54) is 26.1 Å². The fraction of sp³-hybridized carbons (Fsp3) is 0.615. The van der Waals surface area contributed by atoms with Crippen molar-refractivity contribution >= 4 is 31.9 Å². The third kappa shape index (κ3) is 1.60. The number of ether oxygens (including phenoxy) is 1. The van der Waals surface area contributed by atoms with E-state index in [-0.39, 0.29) is 0 Å². The second-order valence-electron chi connectivity index (χ2n) is 5.66. The van der Waals surface area contributed by atoms with Crippen LogP contribution in [0.3, 0.4) is 0 Å². The van der Waals surface area contributed by atoms with Gasteiger partial charge in [-0.1, -0.05) is 0 Å². The second-order valence-corrected chi connectivity index (χ2v) is 7.33. The van der Waals surface area contributed by atoms with Crippen molar-refractivity contribution in [1.29, 1.82) is 0 Å². The number of hydrogen-bond acceptors (Lipinski definition) is 3. The molecule has 0 saturated carbocycles. The van der Waals surface area contributed by atoms with Crippen LogP contribution in [-0.2, 0) is 6.42 Å². The van der Waals surface area contributed by atoms with E-state index in [0.29, 0.717) is 11.5 Å². The lowest BCUT2D eigenvalue weighted by Gasteiger charge is -2.45. The van der Waals surface area contributed by atoms with Gasteiger partial charge < -0.3 is 9.64 Å². The first-order chi connectivity index (χ1) is 8.66. The molecule has 2 fully saturated rings. The molecule has 0 aromatic carbocycles. The Labute approximate surface area is 123 Å². The molecule has 4 rings (SSSR count). The zero-order valence-corrected chi connectivity index (χ0v) is 13.1. The summed E-state index contributed by atoms with van der Waals surface area (Å²) in [5.41, 5.74) is 1.43. The average molecular weight is 374 g/mol. The fourth-order valence-corrected chi connectivity index (χ4v) is 5.02. The van der Waals surface area contributed by atoms with Crippen molar-refractivity contribution in [2.24, 2.45) is 5.41 Å². The van der Waals surface area contributed by atoms with Crippen LogP contribution in [-0.4, -0.2) is 35.6 Å². The lowest BCUT2D eigenvalue weighted by molar-refractivity contribution is -0.00259. The van der Waals surface area contributed by atoms with Gasteiger partial charge in [-0.2, -0.15) is 0 Å². The number of hydrogen-bond donors (Lipinski definition) is 0. The monoisotopic (exact) mass is 372 g/mol. The van der Waals surface area contributed by atoms with Crippen LogP contribution in [0.5, 0.6) is 5.75 Å². The summed E-state index contributed by atoms with van der Waals surface area (Å²) in [5, 5.41) is 0. The van der Waals surface area contributed by atoms with Gasteiger partial charge >= 0.3 is 0 Å². The molecule has 3 aliphatic heterocycles. The Morgan fingerprint density at radius 3 is 3.17 bits per heavy atom. The molecule has 0 N–H and O–H groups in total. The van der Waals surface area contributed by atoms with Gasteiger partial charge in [-0.05, 0) is 57.3 Å². The highest BCUT2D eigenvalue weighted by molar-refractivity contribution is 9.11. The summed E-state index contributed by atoms with van der Waals surface area (Å²) in [5.74, 6) is 0.967. The quantitative estimate of drug-likeness (QED) is 0.653. The van der Waals surface area contributed by atoms with Crippen molar-refractivity contribution in [3.05, 3.63) is 20.8 Å². The lowest BCUT2D eigenvalue weighted by atomic mass is 9.73. The molecule has 18 heavy (non-hydrogen) atoms. The van der Waals surface area contributed by atoms with Gasteiger partial charge in [-0.15, -0.1) is 0 Å². The highest BCUT2D eigenvalue weighted by Crippen LogP contribution is 2.49. The van der Waals surface area contributed by atoms with Crippen LogP contribution in [0, 0.1) is 5.41 Å². The number of nitrogens with zero attached hydrogens (tertiary/aromatic N) is 2. The van der Waals surface area contributed by atoms with Gasteiger partial charge in [0.15, 0.2) is 5.75 Å². The average Bonchev–Trinajstić information content (AvgIpc) is 2.64. The molecule has 5 heteroatoms. The standard InChI is InChI=1S/C13H14Br2N2O/c14-8-5-11(15)16-9-6-13-2-4-17(7-13)3-1-10(13)18-12(8)9/h5,10H,1-4,6-7H2/t10-,13-/m1/s1. The van der Waals surface area contributed by atoms with E-state index in [1.807, 2.05) is 6.07 Å². The van der Waals surface area contributed by atoms with Crippen molar-refractivity contribution in [2.75, 3.05) is 19.6 Å². The van der Waals surface area contributed by atoms with Crippen LogP contribution in [0.4, 0.5) is 0 Å². The van der Waals surface area contributed by atoms with Crippen molar-refractivity contribution in [3.8, 4) is 5.75 Å². The van der Waals surface area contributed by atoms with Crippen molar-refractivity contribution in [2.45, 2.75) is 25.4 Å². The molecule has 1 aromatic rings. The Hall–Kier alpha value is -0.130. The minimum absolute atomic E-state index is 0.318. The Kier molecular flexibility index (Phi) is 2.55. The molecule has 1 aromatic heterocycles. The Morgan fingerprint density at radius 1 is 1.39 bits per heavy atom. The number of halogens is 2. The summed E-state index contributed by atoms with van der Waals surface area (Å²) in [6, 6.07) is 1.97. The SMILES string of the molecule is Brc1cc(Br)c2c(n1)C[C@@]13CCN(CC[C@H]1O2)C3. The Morgan fingerprint density at radius 2 is 2.28 bits per heavy atom. The fourth-order valence-electron chi connectivity index (χ4n) is 3.73. The zero-order valence-electron chi connectivity index (χ0n) is 9.96. The summed E-state index contributed by atoms with van der Waals surface area (Å²) < 4.78 is 8.19. The third-order valence-electron chi connectivity index (χ3n) is 4.60. The topological polar surface area (TPSA) is 25.4 Å². The number of fused-ring (bicyclic) bond motifs is 2. The Bertz CT molecular complexity index is 522. The molecule has 0 aliphatic carbocycles. The molecule has 1 spiro atoms. The first-order valence-corrected chi connectivity index (χ1v) is 7.99. The maximum Gasteiger partial charge on any atom is 0.155 e. The maximum absolute atomic E-state index is 6.29. The lowest BCUT2D eigenvalue weighted by Crippen LogP contribution is -2.51. The van der Waals surface area contributed by atoms with Gasteiger partial charge in [0.1, 0.15) is 10.7 Å². The maximum atomic E-state index is 6.29. The molecule has 4 heterocycles. The first-order valence-electron chi connectivity index (χ1n) is 6.40. The largest absolute Gasteiger partial charge is 0.487 e. The van der Waals surface area contributed by atoms with Crippen molar-refractivity contribution in [3.63, 3.8) is 0 Å². The highest BCUT2D eigenvalue weighted by atomic mass is 79.9. The molecule has 96 valence electrons. The number of rotatable bonds is 0. The second kappa shape index (κ2) is 3.93. The van der Waals surface area contributed by atoms with Gasteiger partial charge in [-0.3, -0.25) is 0 Å². The minimum Gasteiger partial charge on any atom is -0.487 e. The third-order valence-corrected chi connectivity index (χ3v) is 5.60. The van der Waals surface area contributed by atoms with Crippen molar-refractivity contribution < 1.29 is 4.74 Å². The molecular weight excluding hydrogens is 360 g/mol. The molecule has 1 unspecified atom stereocenters. The Balaban J connectivity index is 1.80. The summed E-state index contributed by atoms with van der Waals surface area (Å²) >= 11 is 7.07. The van der Waals surface area contributed by atoms with E-state index in [4.69, 9.17) is 4.74 Å². The minimum atomic E-state index is 0.318.